The summed E-state index contributed by atoms with van der Waals surface area (Å²) in [5, 5.41) is 0. The average Bonchev–Trinajstić information content (AvgIpc) is 3.02. The molecule has 1 aromatic rings. The lowest BCUT2D eigenvalue weighted by atomic mass is 10.0. The molecule has 1 saturated carbocycles. The molecule has 0 unspecified atom stereocenters. The highest BCUT2D eigenvalue weighted by Gasteiger charge is 2.22. The van der Waals surface area contributed by atoms with Crippen LogP contribution in [0.2, 0.25) is 0 Å². The number of hydrogen-bond acceptors (Lipinski definition) is 2. The van der Waals surface area contributed by atoms with E-state index in [2.05, 4.69) is 0 Å². The molecule has 1 fully saturated rings. The molecule has 0 atom stereocenters. The molecule has 2 rings (SSSR count). The van der Waals surface area contributed by atoms with Crippen molar-refractivity contribution >= 4 is 11.5 Å². The van der Waals surface area contributed by atoms with Crippen molar-refractivity contribution in [3.05, 3.63) is 29.6 Å². The maximum absolute atomic E-state index is 13.1. The van der Waals surface area contributed by atoms with Crippen LogP contribution in [0.5, 0.6) is 0 Å². The fourth-order valence-electron chi connectivity index (χ4n) is 1.66. The zero-order chi connectivity index (χ0) is 10.8. The van der Waals surface area contributed by atoms with E-state index in [1.54, 1.807) is 6.07 Å². The Balaban J connectivity index is 2.06. The molecule has 0 radical (unpaired) electrons. The Morgan fingerprint density at radius 3 is 2.87 bits per heavy atom. The van der Waals surface area contributed by atoms with Gasteiger partial charge in [0.2, 0.25) is 0 Å². The van der Waals surface area contributed by atoms with Gasteiger partial charge in [0.25, 0.3) is 0 Å². The zero-order valence-corrected chi connectivity index (χ0v) is 8.50. The summed E-state index contributed by atoms with van der Waals surface area (Å²) in [5.41, 5.74) is 5.82. The standard InChI is InChI=1S/C12H14FNO/c13-10-3-1-2-9(12(10)14)11(15)7-6-8-4-5-8/h1-3,8H,4-7,14H2. The van der Waals surface area contributed by atoms with Crippen LogP contribution in [0, 0.1) is 11.7 Å². The number of benzene rings is 1. The Kier molecular flexibility index (Phi) is 2.71. The number of carbonyl (C=O) groups is 1. The maximum Gasteiger partial charge on any atom is 0.165 e. The molecule has 0 bridgehead atoms. The summed E-state index contributed by atoms with van der Waals surface area (Å²) in [7, 11) is 0. The van der Waals surface area contributed by atoms with E-state index in [1.165, 1.54) is 25.0 Å². The molecule has 1 aromatic carbocycles. The van der Waals surface area contributed by atoms with Gasteiger partial charge in [-0.25, -0.2) is 4.39 Å². The van der Waals surface area contributed by atoms with Crippen LogP contribution >= 0.6 is 0 Å². The number of hydrogen-bond donors (Lipinski definition) is 1. The SMILES string of the molecule is Nc1c(F)cccc1C(=O)CCC1CC1. The van der Waals surface area contributed by atoms with Crippen molar-refractivity contribution in [2.24, 2.45) is 5.92 Å². The molecule has 15 heavy (non-hydrogen) atoms. The van der Waals surface area contributed by atoms with Crippen LogP contribution in [0.3, 0.4) is 0 Å². The molecule has 0 heterocycles. The smallest absolute Gasteiger partial charge is 0.165 e. The summed E-state index contributed by atoms with van der Waals surface area (Å²) in [5.74, 6) is 0.162. The molecule has 3 heteroatoms. The van der Waals surface area contributed by atoms with Crippen molar-refractivity contribution in [2.45, 2.75) is 25.7 Å². The number of anilines is 1. The number of ketones is 1. The van der Waals surface area contributed by atoms with Crippen LogP contribution in [0.25, 0.3) is 0 Å². The first-order valence-corrected chi connectivity index (χ1v) is 5.25. The van der Waals surface area contributed by atoms with Gasteiger partial charge in [-0.2, -0.15) is 0 Å². The average molecular weight is 207 g/mol. The van der Waals surface area contributed by atoms with Crippen LogP contribution in [0.15, 0.2) is 18.2 Å². The number of rotatable bonds is 4. The molecule has 0 aromatic heterocycles. The lowest BCUT2D eigenvalue weighted by Gasteiger charge is -2.04. The van der Waals surface area contributed by atoms with Crippen molar-refractivity contribution in [3.8, 4) is 0 Å². The van der Waals surface area contributed by atoms with Gasteiger partial charge in [-0.3, -0.25) is 4.79 Å². The topological polar surface area (TPSA) is 43.1 Å². The van der Waals surface area contributed by atoms with Crippen LogP contribution < -0.4 is 5.73 Å². The molecule has 0 spiro atoms. The number of Topliss-reactive ketones (excluding diaryl/α,β-unsaturated/α-hetero) is 1. The van der Waals surface area contributed by atoms with Crippen molar-refractivity contribution < 1.29 is 9.18 Å². The van der Waals surface area contributed by atoms with Gasteiger partial charge < -0.3 is 5.73 Å². The number of para-hydroxylation sites is 1. The third-order valence-electron chi connectivity index (χ3n) is 2.83. The molecule has 0 aliphatic heterocycles. The fraction of sp³-hybridized carbons (Fsp3) is 0.417. The van der Waals surface area contributed by atoms with Gasteiger partial charge in [-0.15, -0.1) is 0 Å². The molecule has 2 nitrogen and oxygen atoms in total. The Morgan fingerprint density at radius 2 is 2.20 bits per heavy atom. The van der Waals surface area contributed by atoms with E-state index in [-0.39, 0.29) is 11.5 Å². The first-order chi connectivity index (χ1) is 7.18. The highest BCUT2D eigenvalue weighted by Crippen LogP contribution is 2.34. The second kappa shape index (κ2) is 4.01. The van der Waals surface area contributed by atoms with E-state index in [1.807, 2.05) is 0 Å². The lowest BCUT2D eigenvalue weighted by molar-refractivity contribution is 0.0978. The van der Waals surface area contributed by atoms with E-state index in [0.717, 1.165) is 6.42 Å². The van der Waals surface area contributed by atoms with Crippen LogP contribution in [-0.2, 0) is 0 Å². The molecular formula is C12H14FNO. The Bertz CT molecular complexity index is 385. The summed E-state index contributed by atoms with van der Waals surface area (Å²) in [4.78, 5) is 11.7. The van der Waals surface area contributed by atoms with Gasteiger partial charge in [-0.05, 0) is 24.5 Å². The first-order valence-electron chi connectivity index (χ1n) is 5.25. The molecular weight excluding hydrogens is 193 g/mol. The lowest BCUT2D eigenvalue weighted by Crippen LogP contribution is -2.05. The predicted molar refractivity (Wildman–Crippen MR) is 57.1 cm³/mol. The number of nitrogen functional groups attached to an aromatic ring is 1. The van der Waals surface area contributed by atoms with Crippen LogP contribution in [0.4, 0.5) is 10.1 Å². The largest absolute Gasteiger partial charge is 0.396 e. The highest BCUT2D eigenvalue weighted by atomic mass is 19.1. The predicted octanol–water partition coefficient (Wildman–Crippen LogP) is 2.78. The summed E-state index contributed by atoms with van der Waals surface area (Å²) in [6.45, 7) is 0. The fourth-order valence-corrected chi connectivity index (χ4v) is 1.66. The van der Waals surface area contributed by atoms with Crippen LogP contribution in [-0.4, -0.2) is 5.78 Å². The molecule has 0 amide bonds. The molecule has 0 saturated heterocycles. The summed E-state index contributed by atoms with van der Waals surface area (Å²) in [6, 6.07) is 4.39. The first kappa shape index (κ1) is 10.1. The van der Waals surface area contributed by atoms with Gasteiger partial charge >= 0.3 is 0 Å². The van der Waals surface area contributed by atoms with Gasteiger partial charge in [0.05, 0.1) is 5.69 Å². The van der Waals surface area contributed by atoms with Gasteiger partial charge in [0.1, 0.15) is 5.82 Å². The van der Waals surface area contributed by atoms with Crippen molar-refractivity contribution in [3.63, 3.8) is 0 Å². The normalized spacial score (nSPS) is 15.3. The van der Waals surface area contributed by atoms with E-state index in [0.29, 0.717) is 17.9 Å². The Hall–Kier alpha value is -1.38. The van der Waals surface area contributed by atoms with Gasteiger partial charge in [-0.1, -0.05) is 18.9 Å². The van der Waals surface area contributed by atoms with Crippen molar-refractivity contribution in [2.75, 3.05) is 5.73 Å². The molecule has 2 N–H and O–H groups in total. The van der Waals surface area contributed by atoms with Crippen LogP contribution in [0.1, 0.15) is 36.0 Å². The molecule has 80 valence electrons. The number of carbonyl (C=O) groups excluding carboxylic acids is 1. The summed E-state index contributed by atoms with van der Waals surface area (Å²) in [6.07, 6.45) is 3.85. The Labute approximate surface area is 88.3 Å². The van der Waals surface area contributed by atoms with Gasteiger partial charge in [0.15, 0.2) is 5.78 Å². The molecule has 1 aliphatic rings. The van der Waals surface area contributed by atoms with E-state index >= 15 is 0 Å². The number of halogens is 1. The van der Waals surface area contributed by atoms with E-state index in [4.69, 9.17) is 5.73 Å². The highest BCUT2D eigenvalue weighted by molar-refractivity contribution is 6.00. The van der Waals surface area contributed by atoms with E-state index in [9.17, 15) is 9.18 Å². The maximum atomic E-state index is 13.1. The monoisotopic (exact) mass is 207 g/mol. The zero-order valence-electron chi connectivity index (χ0n) is 8.50. The van der Waals surface area contributed by atoms with Crippen molar-refractivity contribution in [1.82, 2.24) is 0 Å². The quantitative estimate of drug-likeness (QED) is 0.609. The summed E-state index contributed by atoms with van der Waals surface area (Å²) >= 11 is 0. The summed E-state index contributed by atoms with van der Waals surface area (Å²) < 4.78 is 13.1. The second-order valence-corrected chi connectivity index (χ2v) is 4.11. The Morgan fingerprint density at radius 1 is 1.47 bits per heavy atom. The minimum Gasteiger partial charge on any atom is -0.396 e. The third kappa shape index (κ3) is 2.35. The minimum atomic E-state index is -0.507. The third-order valence-corrected chi connectivity index (χ3v) is 2.83. The van der Waals surface area contributed by atoms with Crippen molar-refractivity contribution in [1.29, 1.82) is 0 Å². The second-order valence-electron chi connectivity index (χ2n) is 4.11. The van der Waals surface area contributed by atoms with E-state index < -0.39 is 5.82 Å². The molecule has 1 aliphatic carbocycles. The minimum absolute atomic E-state index is 0.0155. The number of nitrogens with two attached hydrogens (primary N) is 1. The van der Waals surface area contributed by atoms with Gasteiger partial charge in [0, 0.05) is 12.0 Å².